The van der Waals surface area contributed by atoms with Crippen molar-refractivity contribution < 1.29 is 14.3 Å². The average molecular weight is 218 g/mol. The first kappa shape index (κ1) is 12.2. The van der Waals surface area contributed by atoms with Crippen molar-refractivity contribution in [3.8, 4) is 0 Å². The molecule has 0 radical (unpaired) electrons. The number of carbonyl (C=O) groups excluding carboxylic acids is 2. The summed E-state index contributed by atoms with van der Waals surface area (Å²) in [6.07, 6.45) is 1.48. The summed E-state index contributed by atoms with van der Waals surface area (Å²) in [5.74, 6) is -1.51. The zero-order valence-corrected chi connectivity index (χ0v) is 9.40. The summed E-state index contributed by atoms with van der Waals surface area (Å²) in [5, 5.41) is 0. The predicted molar refractivity (Wildman–Crippen MR) is 61.1 cm³/mol. The lowest BCUT2D eigenvalue weighted by molar-refractivity contribution is -0.146. The van der Waals surface area contributed by atoms with Crippen molar-refractivity contribution in [1.29, 1.82) is 0 Å². The molecule has 0 saturated heterocycles. The van der Waals surface area contributed by atoms with Gasteiger partial charge >= 0.3 is 5.97 Å². The lowest BCUT2D eigenvalue weighted by Gasteiger charge is -2.19. The van der Waals surface area contributed by atoms with E-state index in [4.69, 9.17) is 4.74 Å². The molecule has 0 saturated carbocycles. The number of rotatable bonds is 4. The van der Waals surface area contributed by atoms with E-state index in [-0.39, 0.29) is 0 Å². The van der Waals surface area contributed by atoms with Crippen LogP contribution in [-0.4, -0.2) is 17.4 Å². The highest BCUT2D eigenvalue weighted by Gasteiger charge is 2.24. The molecule has 1 aromatic carbocycles. The van der Waals surface area contributed by atoms with Crippen LogP contribution in [0.2, 0.25) is 0 Å². The van der Waals surface area contributed by atoms with Crippen molar-refractivity contribution in [3.63, 3.8) is 0 Å². The fraction of sp³-hybridized carbons (Fsp3) is 0.231. The van der Waals surface area contributed by atoms with Gasteiger partial charge in [-0.15, -0.1) is 0 Å². The molecule has 0 aromatic heterocycles. The van der Waals surface area contributed by atoms with Crippen molar-refractivity contribution in [1.82, 2.24) is 0 Å². The van der Waals surface area contributed by atoms with Crippen LogP contribution >= 0.6 is 0 Å². The highest BCUT2D eigenvalue weighted by Crippen LogP contribution is 2.12. The van der Waals surface area contributed by atoms with E-state index in [0.717, 1.165) is 0 Å². The fourth-order valence-electron chi connectivity index (χ4n) is 1.03. The molecule has 0 bridgehead atoms. The van der Waals surface area contributed by atoms with E-state index in [1.54, 1.807) is 44.2 Å². The molecule has 3 nitrogen and oxygen atoms in total. The van der Waals surface area contributed by atoms with Crippen LogP contribution in [0.5, 0.6) is 0 Å². The van der Waals surface area contributed by atoms with Crippen LogP contribution in [0.4, 0.5) is 0 Å². The van der Waals surface area contributed by atoms with E-state index < -0.39 is 17.4 Å². The topological polar surface area (TPSA) is 43.4 Å². The van der Waals surface area contributed by atoms with Crippen molar-refractivity contribution in [2.45, 2.75) is 19.4 Å². The third kappa shape index (κ3) is 3.05. The van der Waals surface area contributed by atoms with Gasteiger partial charge in [-0.05, 0) is 19.9 Å². The number of ether oxygens (including phenoxy) is 1. The Balaban J connectivity index is 2.77. The lowest BCUT2D eigenvalue weighted by Crippen LogP contribution is -2.29. The van der Waals surface area contributed by atoms with Crippen LogP contribution in [0.1, 0.15) is 24.2 Å². The lowest BCUT2D eigenvalue weighted by atomic mass is 10.1. The molecule has 0 aliphatic rings. The molecule has 0 amide bonds. The standard InChI is InChI=1S/C13H14O3/c1-4-13(2,3)16-12(15)11(14)10-8-6-5-7-9-10/h4-9H,1H2,2-3H3. The van der Waals surface area contributed by atoms with E-state index in [1.165, 1.54) is 6.08 Å². The normalized spacial score (nSPS) is 10.6. The summed E-state index contributed by atoms with van der Waals surface area (Å²) in [6.45, 7) is 6.85. The Hall–Kier alpha value is -1.90. The molecule has 16 heavy (non-hydrogen) atoms. The monoisotopic (exact) mass is 218 g/mol. The van der Waals surface area contributed by atoms with Gasteiger partial charge in [0.05, 0.1) is 0 Å². The maximum atomic E-state index is 11.6. The van der Waals surface area contributed by atoms with Gasteiger partial charge in [0.1, 0.15) is 5.60 Å². The van der Waals surface area contributed by atoms with Gasteiger partial charge in [-0.25, -0.2) is 4.79 Å². The zero-order valence-electron chi connectivity index (χ0n) is 9.40. The van der Waals surface area contributed by atoms with Crippen LogP contribution in [-0.2, 0) is 9.53 Å². The minimum absolute atomic E-state index is 0.326. The minimum atomic E-state index is -0.865. The highest BCUT2D eigenvalue weighted by molar-refractivity contribution is 6.40. The summed E-state index contributed by atoms with van der Waals surface area (Å²) in [5.41, 5.74) is -0.506. The van der Waals surface area contributed by atoms with Crippen molar-refractivity contribution in [3.05, 3.63) is 48.6 Å². The molecular formula is C13H14O3. The van der Waals surface area contributed by atoms with Gasteiger partial charge in [-0.1, -0.05) is 36.9 Å². The number of esters is 1. The Morgan fingerprint density at radius 2 is 1.81 bits per heavy atom. The Labute approximate surface area is 94.7 Å². The summed E-state index contributed by atoms with van der Waals surface area (Å²) in [7, 11) is 0. The predicted octanol–water partition coefficient (Wildman–Crippen LogP) is 2.38. The molecule has 3 heteroatoms. The number of hydrogen-bond acceptors (Lipinski definition) is 3. The van der Waals surface area contributed by atoms with Crippen LogP contribution in [0.3, 0.4) is 0 Å². The van der Waals surface area contributed by atoms with Crippen molar-refractivity contribution in [2.75, 3.05) is 0 Å². The van der Waals surface area contributed by atoms with Gasteiger partial charge in [-0.3, -0.25) is 4.79 Å². The van der Waals surface area contributed by atoms with Crippen molar-refractivity contribution >= 4 is 11.8 Å². The average Bonchev–Trinajstić information content (AvgIpc) is 2.28. The zero-order chi connectivity index (χ0) is 12.2. The first-order chi connectivity index (χ1) is 7.46. The van der Waals surface area contributed by atoms with Gasteiger partial charge < -0.3 is 4.74 Å². The number of carbonyl (C=O) groups is 2. The molecule has 0 spiro atoms. The van der Waals surface area contributed by atoms with Crippen LogP contribution in [0.25, 0.3) is 0 Å². The Morgan fingerprint density at radius 3 is 2.31 bits per heavy atom. The maximum absolute atomic E-state index is 11.6. The molecule has 0 aliphatic carbocycles. The molecule has 0 aliphatic heterocycles. The molecule has 1 rings (SSSR count). The molecule has 0 unspecified atom stereocenters. The summed E-state index contributed by atoms with van der Waals surface area (Å²) in [6, 6.07) is 8.31. The highest BCUT2D eigenvalue weighted by atomic mass is 16.6. The first-order valence-electron chi connectivity index (χ1n) is 4.92. The summed E-state index contributed by atoms with van der Waals surface area (Å²) in [4.78, 5) is 23.1. The molecule has 0 atom stereocenters. The molecular weight excluding hydrogens is 204 g/mol. The Kier molecular flexibility index (Phi) is 3.61. The molecule has 84 valence electrons. The minimum Gasteiger partial charge on any atom is -0.449 e. The summed E-state index contributed by atoms with van der Waals surface area (Å²) < 4.78 is 5.00. The molecule has 0 N–H and O–H groups in total. The van der Waals surface area contributed by atoms with Gasteiger partial charge in [0, 0.05) is 5.56 Å². The summed E-state index contributed by atoms with van der Waals surface area (Å²) >= 11 is 0. The second-order valence-corrected chi connectivity index (χ2v) is 3.89. The van der Waals surface area contributed by atoms with E-state index in [2.05, 4.69) is 6.58 Å². The smallest absolute Gasteiger partial charge is 0.380 e. The first-order valence-corrected chi connectivity index (χ1v) is 4.92. The quantitative estimate of drug-likeness (QED) is 0.337. The van der Waals surface area contributed by atoms with E-state index in [0.29, 0.717) is 5.56 Å². The van der Waals surface area contributed by atoms with Crippen LogP contribution in [0, 0.1) is 0 Å². The SMILES string of the molecule is C=CC(C)(C)OC(=O)C(=O)c1ccccc1. The van der Waals surface area contributed by atoms with Gasteiger partial charge in [0.25, 0.3) is 5.78 Å². The molecule has 0 fully saturated rings. The second kappa shape index (κ2) is 4.75. The van der Waals surface area contributed by atoms with Gasteiger partial charge in [-0.2, -0.15) is 0 Å². The van der Waals surface area contributed by atoms with E-state index in [1.807, 2.05) is 0 Å². The van der Waals surface area contributed by atoms with Crippen LogP contribution < -0.4 is 0 Å². The van der Waals surface area contributed by atoms with Gasteiger partial charge in [0.15, 0.2) is 0 Å². The van der Waals surface area contributed by atoms with E-state index in [9.17, 15) is 9.59 Å². The number of Topliss-reactive ketones (excluding diaryl/α,β-unsaturated/α-hetero) is 1. The molecule has 1 aromatic rings. The fourth-order valence-corrected chi connectivity index (χ4v) is 1.03. The third-order valence-corrected chi connectivity index (χ3v) is 2.07. The maximum Gasteiger partial charge on any atom is 0.380 e. The number of ketones is 1. The number of benzene rings is 1. The largest absolute Gasteiger partial charge is 0.449 e. The van der Waals surface area contributed by atoms with Gasteiger partial charge in [0.2, 0.25) is 0 Å². The van der Waals surface area contributed by atoms with Crippen LogP contribution in [0.15, 0.2) is 43.0 Å². The third-order valence-electron chi connectivity index (χ3n) is 2.07. The Morgan fingerprint density at radius 1 is 1.25 bits per heavy atom. The second-order valence-electron chi connectivity index (χ2n) is 3.89. The molecule has 0 heterocycles. The van der Waals surface area contributed by atoms with E-state index >= 15 is 0 Å². The van der Waals surface area contributed by atoms with Crippen molar-refractivity contribution in [2.24, 2.45) is 0 Å². The number of hydrogen-bond donors (Lipinski definition) is 0. The Bertz CT molecular complexity index is 404.